The van der Waals surface area contributed by atoms with Crippen molar-refractivity contribution in [1.29, 1.82) is 0 Å². The molecule has 0 amide bonds. The molecule has 7 nitrogen and oxygen atoms in total. The second-order valence-corrected chi connectivity index (χ2v) is 11.5. The third-order valence-electron chi connectivity index (χ3n) is 7.46. The first-order valence-electron chi connectivity index (χ1n) is 13.3. The summed E-state index contributed by atoms with van der Waals surface area (Å²) in [6.07, 6.45) is 0.804. The van der Waals surface area contributed by atoms with Gasteiger partial charge >= 0.3 is 0 Å². The standard InChI is InChI=1S/C30H36Cl2N6O/c1-30(2,39-4)14-15-38-27-20-22(33-21-8-11-23(12-9-21)37-18-16-36(3)17-19-37)10-13-24(27)29(35-38)34-28-25(31)6-5-7-26(28)32/h5-13,20,33H,14-19H2,1-4H3,(H,34,35). The number of anilines is 5. The Hall–Kier alpha value is -2.97. The Balaban J connectivity index is 1.41. The van der Waals surface area contributed by atoms with Gasteiger partial charge in [-0.2, -0.15) is 5.10 Å². The molecule has 0 atom stereocenters. The number of rotatable bonds is 9. The van der Waals surface area contributed by atoms with E-state index < -0.39 is 0 Å². The highest BCUT2D eigenvalue weighted by Gasteiger charge is 2.20. The number of halogens is 2. The van der Waals surface area contributed by atoms with E-state index in [0.29, 0.717) is 28.1 Å². The van der Waals surface area contributed by atoms with Gasteiger partial charge in [0.1, 0.15) is 0 Å². The van der Waals surface area contributed by atoms with Crippen molar-refractivity contribution in [1.82, 2.24) is 14.7 Å². The minimum Gasteiger partial charge on any atom is -0.379 e. The van der Waals surface area contributed by atoms with Crippen molar-refractivity contribution in [3.05, 3.63) is 70.7 Å². The van der Waals surface area contributed by atoms with Crippen LogP contribution in [0.5, 0.6) is 0 Å². The minimum atomic E-state index is -0.265. The Labute approximate surface area is 240 Å². The molecule has 3 aromatic carbocycles. The van der Waals surface area contributed by atoms with Gasteiger partial charge < -0.3 is 25.2 Å². The molecule has 1 aromatic heterocycles. The molecular formula is C30H36Cl2N6O. The molecule has 0 unspecified atom stereocenters. The van der Waals surface area contributed by atoms with Crippen LogP contribution in [0.3, 0.4) is 0 Å². The topological polar surface area (TPSA) is 57.6 Å². The van der Waals surface area contributed by atoms with E-state index in [2.05, 4.69) is 83.8 Å². The summed E-state index contributed by atoms with van der Waals surface area (Å²) in [7, 11) is 3.92. The molecule has 0 bridgehead atoms. The highest BCUT2D eigenvalue weighted by Crippen LogP contribution is 2.36. The lowest BCUT2D eigenvalue weighted by molar-refractivity contribution is 0.0116. The molecule has 1 saturated heterocycles. The number of ether oxygens (including phenoxy) is 1. The van der Waals surface area contributed by atoms with Crippen LogP contribution in [-0.4, -0.2) is 60.6 Å². The molecule has 2 N–H and O–H groups in total. The molecular weight excluding hydrogens is 531 g/mol. The van der Waals surface area contributed by atoms with E-state index in [-0.39, 0.29) is 5.60 Å². The van der Waals surface area contributed by atoms with Gasteiger partial charge in [0.25, 0.3) is 0 Å². The molecule has 2 heterocycles. The van der Waals surface area contributed by atoms with Gasteiger partial charge in [0, 0.05) is 62.3 Å². The van der Waals surface area contributed by atoms with E-state index in [4.69, 9.17) is 33.0 Å². The third-order valence-corrected chi connectivity index (χ3v) is 8.09. The van der Waals surface area contributed by atoms with Gasteiger partial charge in [0.05, 0.1) is 26.9 Å². The number of piperazine rings is 1. The molecule has 1 aliphatic rings. The quantitative estimate of drug-likeness (QED) is 0.220. The number of aromatic nitrogens is 2. The number of hydrogen-bond donors (Lipinski definition) is 2. The number of nitrogens with one attached hydrogen (secondary N) is 2. The zero-order valence-electron chi connectivity index (χ0n) is 23.0. The first-order chi connectivity index (χ1) is 18.7. The fourth-order valence-corrected chi connectivity index (χ4v) is 5.21. The van der Waals surface area contributed by atoms with Gasteiger partial charge in [0.15, 0.2) is 5.82 Å². The summed E-state index contributed by atoms with van der Waals surface area (Å²) in [5.41, 5.74) is 4.68. The molecule has 9 heteroatoms. The summed E-state index contributed by atoms with van der Waals surface area (Å²) in [5.74, 6) is 0.707. The Morgan fingerprint density at radius 2 is 1.56 bits per heavy atom. The van der Waals surface area contributed by atoms with E-state index in [1.807, 2.05) is 22.9 Å². The van der Waals surface area contributed by atoms with E-state index in [1.165, 1.54) is 5.69 Å². The van der Waals surface area contributed by atoms with Crippen LogP contribution in [0.2, 0.25) is 10.0 Å². The van der Waals surface area contributed by atoms with Crippen molar-refractivity contribution in [2.75, 3.05) is 55.9 Å². The van der Waals surface area contributed by atoms with Crippen molar-refractivity contribution in [2.45, 2.75) is 32.4 Å². The molecule has 5 rings (SSSR count). The Morgan fingerprint density at radius 1 is 0.897 bits per heavy atom. The number of fused-ring (bicyclic) bond motifs is 1. The van der Waals surface area contributed by atoms with Crippen molar-refractivity contribution < 1.29 is 4.74 Å². The molecule has 4 aromatic rings. The fraction of sp³-hybridized carbons (Fsp3) is 0.367. The van der Waals surface area contributed by atoms with Crippen LogP contribution in [0.4, 0.5) is 28.6 Å². The summed E-state index contributed by atoms with van der Waals surface area (Å²) in [4.78, 5) is 4.81. The van der Waals surface area contributed by atoms with E-state index in [9.17, 15) is 0 Å². The summed E-state index contributed by atoms with van der Waals surface area (Å²) < 4.78 is 7.68. The van der Waals surface area contributed by atoms with Crippen molar-refractivity contribution in [2.24, 2.45) is 0 Å². The number of benzene rings is 3. The maximum atomic E-state index is 6.45. The van der Waals surface area contributed by atoms with Gasteiger partial charge in [-0.1, -0.05) is 29.3 Å². The van der Waals surface area contributed by atoms with Gasteiger partial charge in [-0.25, -0.2) is 0 Å². The summed E-state index contributed by atoms with van der Waals surface area (Å²) in [6, 6.07) is 20.4. The number of likely N-dealkylation sites (N-methyl/N-ethyl adjacent to an activating group) is 1. The van der Waals surface area contributed by atoms with Crippen LogP contribution in [0.25, 0.3) is 10.9 Å². The predicted octanol–water partition coefficient (Wildman–Crippen LogP) is 7.40. The number of methoxy groups -OCH3 is 1. The van der Waals surface area contributed by atoms with Gasteiger partial charge in [-0.05, 0) is 81.9 Å². The smallest absolute Gasteiger partial charge is 0.160 e. The maximum Gasteiger partial charge on any atom is 0.160 e. The van der Waals surface area contributed by atoms with Gasteiger partial charge in [-0.3, -0.25) is 4.68 Å². The highest BCUT2D eigenvalue weighted by molar-refractivity contribution is 6.39. The lowest BCUT2D eigenvalue weighted by Crippen LogP contribution is -2.44. The molecule has 0 saturated carbocycles. The van der Waals surface area contributed by atoms with Crippen molar-refractivity contribution >= 4 is 62.7 Å². The monoisotopic (exact) mass is 566 g/mol. The minimum absolute atomic E-state index is 0.265. The third kappa shape index (κ3) is 6.44. The SMILES string of the molecule is COC(C)(C)CCn1nc(Nc2c(Cl)cccc2Cl)c2ccc(Nc3ccc(N4CCN(C)CC4)cc3)cc21. The Morgan fingerprint density at radius 3 is 2.23 bits per heavy atom. The van der Waals surface area contributed by atoms with Gasteiger partial charge in [0.2, 0.25) is 0 Å². The van der Waals surface area contributed by atoms with Crippen LogP contribution in [0.15, 0.2) is 60.7 Å². The number of nitrogens with zero attached hydrogens (tertiary/aromatic N) is 4. The largest absolute Gasteiger partial charge is 0.379 e. The highest BCUT2D eigenvalue weighted by atomic mass is 35.5. The molecule has 0 spiro atoms. The van der Waals surface area contributed by atoms with E-state index in [0.717, 1.165) is 54.9 Å². The van der Waals surface area contributed by atoms with Crippen LogP contribution in [0.1, 0.15) is 20.3 Å². The Kier molecular flexibility index (Phi) is 8.24. The molecule has 0 aliphatic carbocycles. The molecule has 1 aliphatic heterocycles. The van der Waals surface area contributed by atoms with Crippen LogP contribution >= 0.6 is 23.2 Å². The summed E-state index contributed by atoms with van der Waals surface area (Å²) in [5, 5.41) is 13.9. The van der Waals surface area contributed by atoms with Crippen molar-refractivity contribution in [3.8, 4) is 0 Å². The number of aryl methyl sites for hydroxylation is 1. The summed E-state index contributed by atoms with van der Waals surface area (Å²) >= 11 is 12.9. The Bertz CT molecular complexity index is 1410. The summed E-state index contributed by atoms with van der Waals surface area (Å²) in [6.45, 7) is 9.15. The van der Waals surface area contributed by atoms with Crippen LogP contribution in [-0.2, 0) is 11.3 Å². The second kappa shape index (κ2) is 11.6. The number of hydrogen-bond acceptors (Lipinski definition) is 6. The lowest BCUT2D eigenvalue weighted by Gasteiger charge is -2.34. The zero-order valence-corrected chi connectivity index (χ0v) is 24.5. The predicted molar refractivity (Wildman–Crippen MR) is 165 cm³/mol. The fourth-order valence-electron chi connectivity index (χ4n) is 4.71. The average Bonchev–Trinajstić information content (AvgIpc) is 3.27. The van der Waals surface area contributed by atoms with Gasteiger partial charge in [-0.15, -0.1) is 0 Å². The molecule has 1 fully saturated rings. The zero-order chi connectivity index (χ0) is 27.6. The normalized spacial score (nSPS) is 14.7. The second-order valence-electron chi connectivity index (χ2n) is 10.7. The average molecular weight is 568 g/mol. The first kappa shape index (κ1) is 27.6. The van der Waals surface area contributed by atoms with Crippen LogP contribution < -0.4 is 15.5 Å². The van der Waals surface area contributed by atoms with Crippen molar-refractivity contribution in [3.63, 3.8) is 0 Å². The van der Waals surface area contributed by atoms with Crippen LogP contribution in [0, 0.1) is 0 Å². The number of para-hydroxylation sites is 1. The molecule has 39 heavy (non-hydrogen) atoms. The molecule has 206 valence electrons. The first-order valence-corrected chi connectivity index (χ1v) is 14.1. The van der Waals surface area contributed by atoms with E-state index >= 15 is 0 Å². The molecule has 0 radical (unpaired) electrons. The lowest BCUT2D eigenvalue weighted by atomic mass is 10.1. The van der Waals surface area contributed by atoms with E-state index in [1.54, 1.807) is 7.11 Å². The maximum absolute atomic E-state index is 6.45.